The van der Waals surface area contributed by atoms with Crippen molar-refractivity contribution in [1.29, 1.82) is 0 Å². The van der Waals surface area contributed by atoms with Crippen molar-refractivity contribution >= 4 is 5.91 Å². The minimum atomic E-state index is -1.97. The van der Waals surface area contributed by atoms with Crippen LogP contribution in [0.25, 0.3) is 0 Å². The molecule has 3 aliphatic rings. The topological polar surface area (TPSA) is 307 Å². The summed E-state index contributed by atoms with van der Waals surface area (Å²) in [6.45, 7) is 1.82. The molecule has 0 aromatic rings. The second-order valence-corrected chi connectivity index (χ2v) is 29.2. The molecule has 3 aliphatic heterocycles. The van der Waals surface area contributed by atoms with E-state index in [-0.39, 0.29) is 18.9 Å². The zero-order chi connectivity index (χ0) is 71.8. The number of carbonyl (C=O) groups excluding carboxylic acids is 1. The van der Waals surface area contributed by atoms with Crippen LogP contribution in [0.2, 0.25) is 0 Å². The third-order valence-electron chi connectivity index (χ3n) is 20.5. The zero-order valence-electron chi connectivity index (χ0n) is 62.2. The van der Waals surface area contributed by atoms with Gasteiger partial charge in [-0.15, -0.1) is 0 Å². The molecule has 12 N–H and O–H groups in total. The predicted octanol–water partition coefficient (Wildman–Crippen LogP) is 13.5. The quantitative estimate of drug-likeness (QED) is 0.0199. The number of unbranched alkanes of at least 4 members (excludes halogenated alkanes) is 43. The molecular formula is C80H149NO18. The Labute approximate surface area is 600 Å². The Bertz CT molecular complexity index is 1930. The van der Waals surface area contributed by atoms with Crippen LogP contribution in [0.15, 0.2) is 36.5 Å². The predicted molar refractivity (Wildman–Crippen MR) is 393 cm³/mol. The lowest BCUT2D eigenvalue weighted by Crippen LogP contribution is -2.66. The summed E-state index contributed by atoms with van der Waals surface area (Å²) in [5, 5.41) is 121. The second-order valence-electron chi connectivity index (χ2n) is 29.2. The second kappa shape index (κ2) is 61.2. The molecule has 3 rings (SSSR count). The number of amides is 1. The number of hydrogen-bond acceptors (Lipinski definition) is 18. The van der Waals surface area contributed by atoms with Gasteiger partial charge in [-0.3, -0.25) is 4.79 Å². The lowest BCUT2D eigenvalue weighted by molar-refractivity contribution is -0.379. The molecule has 0 bridgehead atoms. The molecule has 17 atom stereocenters. The minimum Gasteiger partial charge on any atom is -0.394 e. The van der Waals surface area contributed by atoms with Crippen molar-refractivity contribution in [3.8, 4) is 0 Å². The first-order valence-corrected chi connectivity index (χ1v) is 40.7. The summed E-state index contributed by atoms with van der Waals surface area (Å²) >= 11 is 0. The van der Waals surface area contributed by atoms with Gasteiger partial charge in [-0.2, -0.15) is 0 Å². The smallest absolute Gasteiger partial charge is 0.220 e. The number of rotatable bonds is 65. The van der Waals surface area contributed by atoms with Crippen LogP contribution < -0.4 is 5.32 Å². The van der Waals surface area contributed by atoms with Crippen molar-refractivity contribution in [2.45, 2.75) is 439 Å². The van der Waals surface area contributed by atoms with E-state index in [1.807, 2.05) is 0 Å². The van der Waals surface area contributed by atoms with Gasteiger partial charge in [0.05, 0.1) is 38.6 Å². The van der Waals surface area contributed by atoms with E-state index in [9.17, 15) is 61.0 Å². The molecule has 0 aromatic heterocycles. The minimum absolute atomic E-state index is 0.237. The Hall–Kier alpha value is -1.99. The summed E-state index contributed by atoms with van der Waals surface area (Å²) in [5.41, 5.74) is 0. The highest BCUT2D eigenvalue weighted by atomic mass is 16.8. The summed E-state index contributed by atoms with van der Waals surface area (Å²) in [4.78, 5) is 13.5. The third kappa shape index (κ3) is 41.5. The molecule has 1 amide bonds. The normalized spacial score (nSPS) is 26.7. The molecule has 17 unspecified atom stereocenters. The Kier molecular flexibility index (Phi) is 56.4. The van der Waals surface area contributed by atoms with Crippen LogP contribution in [0.4, 0.5) is 0 Å². The highest BCUT2D eigenvalue weighted by molar-refractivity contribution is 5.76. The largest absolute Gasteiger partial charge is 0.394 e. The highest BCUT2D eigenvalue weighted by Gasteiger charge is 2.54. The standard InChI is InChI=1S/C80H149NO18/c1-3-5-7-9-11-13-15-17-19-20-21-22-23-24-25-26-27-28-29-30-31-32-33-34-35-36-37-38-39-40-41-42-44-46-48-50-52-54-56-58-68(86)81-63(64(85)57-55-53-51-49-47-45-43-18-16-14-12-10-8-6-4-2)62-94-78-74(92)71(89)76(66(60-83)96-78)99-80-75(93)72(90)77(67(61-84)97-80)98-79-73(91)70(88)69(87)65(59-82)95-79/h15,17,20-21,23-24,63-67,69-80,82-85,87-93H,3-14,16,18-19,22,25-62H2,1-2H3,(H,81,86)/b17-15-,21-20-,24-23-. The molecule has 3 fully saturated rings. The van der Waals surface area contributed by atoms with Crippen LogP contribution in [0, 0.1) is 0 Å². The summed E-state index contributed by atoms with van der Waals surface area (Å²) in [5.74, 6) is -0.237. The summed E-state index contributed by atoms with van der Waals surface area (Å²) in [6.07, 6.45) is 48.3. The van der Waals surface area contributed by atoms with Gasteiger partial charge in [0, 0.05) is 6.42 Å². The van der Waals surface area contributed by atoms with Crippen molar-refractivity contribution in [2.75, 3.05) is 26.4 Å². The van der Waals surface area contributed by atoms with E-state index in [1.54, 1.807) is 0 Å². The third-order valence-corrected chi connectivity index (χ3v) is 20.5. The fourth-order valence-corrected chi connectivity index (χ4v) is 13.9. The van der Waals surface area contributed by atoms with Gasteiger partial charge >= 0.3 is 0 Å². The van der Waals surface area contributed by atoms with Crippen LogP contribution in [-0.4, -0.2) is 193 Å². The van der Waals surface area contributed by atoms with Crippen LogP contribution >= 0.6 is 0 Å². The molecule has 99 heavy (non-hydrogen) atoms. The van der Waals surface area contributed by atoms with Crippen molar-refractivity contribution in [3.63, 3.8) is 0 Å². The average molecular weight is 1410 g/mol. The van der Waals surface area contributed by atoms with Crippen molar-refractivity contribution in [2.24, 2.45) is 0 Å². The molecule has 3 heterocycles. The van der Waals surface area contributed by atoms with Gasteiger partial charge in [0.15, 0.2) is 18.9 Å². The molecule has 19 heteroatoms. The Morgan fingerprint density at radius 1 is 0.364 bits per heavy atom. The van der Waals surface area contributed by atoms with Gasteiger partial charge in [0.2, 0.25) is 5.91 Å². The summed E-state index contributed by atoms with van der Waals surface area (Å²) < 4.78 is 34.5. The van der Waals surface area contributed by atoms with E-state index in [4.69, 9.17) is 28.4 Å². The number of carbonyl (C=O) groups is 1. The van der Waals surface area contributed by atoms with Crippen molar-refractivity contribution < 1.29 is 89.4 Å². The Morgan fingerprint density at radius 3 is 1.04 bits per heavy atom. The maximum Gasteiger partial charge on any atom is 0.220 e. The molecule has 0 saturated carbocycles. The first-order valence-electron chi connectivity index (χ1n) is 40.7. The molecule has 582 valence electrons. The van der Waals surface area contributed by atoms with Gasteiger partial charge in [-0.05, 0) is 51.4 Å². The Balaban J connectivity index is 1.28. The number of ether oxygens (including phenoxy) is 6. The van der Waals surface area contributed by atoms with E-state index < -0.39 is 124 Å². The number of nitrogens with one attached hydrogen (secondary N) is 1. The first-order chi connectivity index (χ1) is 48.3. The highest BCUT2D eigenvalue weighted by Crippen LogP contribution is 2.33. The van der Waals surface area contributed by atoms with Gasteiger partial charge in [-0.1, -0.05) is 314 Å². The van der Waals surface area contributed by atoms with E-state index in [0.29, 0.717) is 12.8 Å². The molecule has 3 saturated heterocycles. The number of allylic oxidation sites excluding steroid dienone is 6. The number of hydrogen-bond donors (Lipinski definition) is 12. The number of aliphatic hydroxyl groups is 11. The van der Waals surface area contributed by atoms with Crippen LogP contribution in [-0.2, 0) is 33.2 Å². The SMILES string of the molecule is CCCCCCC/C=C\C/C=C\C/C=C\CCCCCCCCCCCCCCCCCCCCCCCCCCC(=O)NC(COC1OC(CO)C(OC2OC(CO)C(OC3OC(CO)C(O)C(O)C3O)C(O)C2O)C(O)C1O)C(O)CCCCCCCCCCCCCCCCC. The zero-order valence-corrected chi connectivity index (χ0v) is 62.2. The van der Waals surface area contributed by atoms with Gasteiger partial charge < -0.3 is 89.9 Å². The summed E-state index contributed by atoms with van der Waals surface area (Å²) in [7, 11) is 0. The van der Waals surface area contributed by atoms with Crippen molar-refractivity contribution in [3.05, 3.63) is 36.5 Å². The van der Waals surface area contributed by atoms with E-state index in [1.165, 1.54) is 244 Å². The molecule has 0 spiro atoms. The first kappa shape index (κ1) is 91.2. The van der Waals surface area contributed by atoms with E-state index in [0.717, 1.165) is 57.8 Å². The lowest BCUT2D eigenvalue weighted by Gasteiger charge is -2.48. The molecule has 0 aliphatic carbocycles. The maximum absolute atomic E-state index is 13.5. The fourth-order valence-electron chi connectivity index (χ4n) is 13.9. The maximum atomic E-state index is 13.5. The van der Waals surface area contributed by atoms with Gasteiger partial charge in [0.1, 0.15) is 73.2 Å². The lowest BCUT2D eigenvalue weighted by atomic mass is 9.96. The van der Waals surface area contributed by atoms with Gasteiger partial charge in [0.25, 0.3) is 0 Å². The molecular weight excluding hydrogens is 1260 g/mol. The molecule has 19 nitrogen and oxygen atoms in total. The van der Waals surface area contributed by atoms with Crippen LogP contribution in [0.3, 0.4) is 0 Å². The van der Waals surface area contributed by atoms with Crippen LogP contribution in [0.1, 0.15) is 335 Å². The van der Waals surface area contributed by atoms with Crippen LogP contribution in [0.5, 0.6) is 0 Å². The van der Waals surface area contributed by atoms with Gasteiger partial charge in [-0.25, -0.2) is 0 Å². The Morgan fingerprint density at radius 2 is 0.667 bits per heavy atom. The van der Waals surface area contributed by atoms with E-state index in [2.05, 4.69) is 55.6 Å². The molecule has 0 aromatic carbocycles. The monoisotopic (exact) mass is 1410 g/mol. The fraction of sp³-hybridized carbons (Fsp3) is 0.912. The number of aliphatic hydroxyl groups excluding tert-OH is 11. The van der Waals surface area contributed by atoms with Crippen molar-refractivity contribution in [1.82, 2.24) is 5.32 Å². The molecule has 0 radical (unpaired) electrons. The average Bonchev–Trinajstić information content (AvgIpc) is 0.784. The summed E-state index contributed by atoms with van der Waals surface area (Å²) in [6, 6.07) is -0.885. The van der Waals surface area contributed by atoms with E-state index >= 15 is 0 Å².